The highest BCUT2D eigenvalue weighted by Gasteiger charge is 2.20. The van der Waals surface area contributed by atoms with E-state index in [0.717, 1.165) is 10.6 Å². The third-order valence-electron chi connectivity index (χ3n) is 3.93. The minimum absolute atomic E-state index is 0.240. The van der Waals surface area contributed by atoms with Crippen molar-refractivity contribution in [3.05, 3.63) is 62.3 Å². The van der Waals surface area contributed by atoms with E-state index in [1.54, 1.807) is 24.3 Å². The van der Waals surface area contributed by atoms with Crippen molar-refractivity contribution in [2.45, 2.75) is 26.8 Å². The number of Topliss-reactive ketones (excluding diaryl/α,β-unsaturated/α-hetero) is 1. The molecule has 9 heteroatoms. The fourth-order valence-corrected chi connectivity index (χ4v) is 2.62. The van der Waals surface area contributed by atoms with Gasteiger partial charge in [0.05, 0.1) is 6.61 Å². The minimum Gasteiger partial charge on any atom is -0.493 e. The molecule has 0 amide bonds. The standard InChI is InChI=1S/C20H23N3O6/c1-3-11-23-18(21)17(19(26)22-20(23)27)14(24)12-29-16(25)10-9-13-7-5-6-8-15(13)28-4-2/h5-10H,3-4,11-12,21H2,1-2H3,(H,22,26,27)/b10-9+. The van der Waals surface area contributed by atoms with Crippen molar-refractivity contribution in [3.8, 4) is 5.75 Å². The lowest BCUT2D eigenvalue weighted by Crippen LogP contribution is -2.37. The van der Waals surface area contributed by atoms with Crippen LogP contribution in [0.15, 0.2) is 39.9 Å². The van der Waals surface area contributed by atoms with E-state index in [1.165, 1.54) is 6.08 Å². The molecule has 1 heterocycles. The smallest absolute Gasteiger partial charge is 0.331 e. The number of carbonyl (C=O) groups excluding carboxylic acids is 2. The van der Waals surface area contributed by atoms with Crippen molar-refractivity contribution < 1.29 is 19.1 Å². The van der Waals surface area contributed by atoms with Crippen LogP contribution in [0, 0.1) is 0 Å². The summed E-state index contributed by atoms with van der Waals surface area (Å²) in [5, 5.41) is 0. The molecule has 0 aliphatic rings. The first kappa shape index (κ1) is 21.7. The number of ether oxygens (including phenoxy) is 2. The van der Waals surface area contributed by atoms with Gasteiger partial charge >= 0.3 is 11.7 Å². The number of ketones is 1. The van der Waals surface area contributed by atoms with E-state index < -0.39 is 35.2 Å². The lowest BCUT2D eigenvalue weighted by atomic mass is 10.2. The van der Waals surface area contributed by atoms with Gasteiger partial charge in [-0.15, -0.1) is 0 Å². The van der Waals surface area contributed by atoms with Gasteiger partial charge in [0, 0.05) is 18.2 Å². The summed E-state index contributed by atoms with van der Waals surface area (Å²) in [4.78, 5) is 50.1. The van der Waals surface area contributed by atoms with E-state index >= 15 is 0 Å². The number of nitrogens with two attached hydrogens (primary N) is 1. The van der Waals surface area contributed by atoms with Crippen LogP contribution in [0.25, 0.3) is 6.08 Å². The summed E-state index contributed by atoms with van der Waals surface area (Å²) in [6.07, 6.45) is 3.23. The predicted molar refractivity (Wildman–Crippen MR) is 108 cm³/mol. The van der Waals surface area contributed by atoms with Gasteiger partial charge in [0.1, 0.15) is 17.1 Å². The van der Waals surface area contributed by atoms with Crippen LogP contribution in [0.2, 0.25) is 0 Å². The first-order chi connectivity index (χ1) is 13.9. The average molecular weight is 401 g/mol. The summed E-state index contributed by atoms with van der Waals surface area (Å²) < 4.78 is 11.5. The van der Waals surface area contributed by atoms with Gasteiger partial charge in [-0.25, -0.2) is 9.59 Å². The number of aromatic nitrogens is 2. The van der Waals surface area contributed by atoms with Crippen LogP contribution in [0.5, 0.6) is 5.75 Å². The number of hydrogen-bond acceptors (Lipinski definition) is 7. The first-order valence-electron chi connectivity index (χ1n) is 9.11. The van der Waals surface area contributed by atoms with Gasteiger partial charge in [-0.05, 0) is 25.5 Å². The van der Waals surface area contributed by atoms with E-state index in [9.17, 15) is 19.2 Å². The number of benzene rings is 1. The number of nitrogens with zero attached hydrogens (tertiary/aromatic N) is 1. The Bertz CT molecular complexity index is 1040. The fourth-order valence-electron chi connectivity index (χ4n) is 2.62. The van der Waals surface area contributed by atoms with Gasteiger partial charge in [-0.2, -0.15) is 0 Å². The molecule has 29 heavy (non-hydrogen) atoms. The summed E-state index contributed by atoms with van der Waals surface area (Å²) >= 11 is 0. The molecule has 1 aromatic heterocycles. The van der Waals surface area contributed by atoms with Crippen molar-refractivity contribution in [3.63, 3.8) is 0 Å². The largest absolute Gasteiger partial charge is 0.493 e. The Morgan fingerprint density at radius 1 is 1.21 bits per heavy atom. The van der Waals surface area contributed by atoms with E-state index in [-0.39, 0.29) is 12.4 Å². The zero-order chi connectivity index (χ0) is 21.4. The number of aromatic amines is 1. The molecule has 2 rings (SSSR count). The van der Waals surface area contributed by atoms with Crippen LogP contribution >= 0.6 is 0 Å². The van der Waals surface area contributed by atoms with Crippen LogP contribution < -0.4 is 21.7 Å². The number of H-pyrrole nitrogens is 1. The summed E-state index contributed by atoms with van der Waals surface area (Å²) in [5.74, 6) is -1.22. The van der Waals surface area contributed by atoms with Gasteiger partial charge in [0.15, 0.2) is 6.61 Å². The molecule has 0 aliphatic heterocycles. The number of para-hydroxylation sites is 1. The van der Waals surface area contributed by atoms with Crippen molar-refractivity contribution in [1.29, 1.82) is 0 Å². The second-order valence-electron chi connectivity index (χ2n) is 6.01. The Hall–Kier alpha value is -3.62. The molecule has 0 bridgehead atoms. The van der Waals surface area contributed by atoms with E-state index in [2.05, 4.69) is 0 Å². The summed E-state index contributed by atoms with van der Waals surface area (Å²) in [5.41, 5.74) is 4.47. The Labute approximate surface area is 166 Å². The van der Waals surface area contributed by atoms with E-state index in [0.29, 0.717) is 24.3 Å². The van der Waals surface area contributed by atoms with Crippen LogP contribution in [0.3, 0.4) is 0 Å². The number of hydrogen-bond donors (Lipinski definition) is 2. The molecule has 3 N–H and O–H groups in total. The zero-order valence-electron chi connectivity index (χ0n) is 16.3. The molecular formula is C20H23N3O6. The number of rotatable bonds is 9. The Morgan fingerprint density at radius 2 is 1.93 bits per heavy atom. The Morgan fingerprint density at radius 3 is 2.62 bits per heavy atom. The second kappa shape index (κ2) is 10.1. The maximum Gasteiger partial charge on any atom is 0.331 e. The summed E-state index contributed by atoms with van der Waals surface area (Å²) in [6.45, 7) is 3.69. The normalized spacial score (nSPS) is 10.8. The molecule has 0 atom stereocenters. The van der Waals surface area contributed by atoms with Crippen LogP contribution in [-0.2, 0) is 16.1 Å². The second-order valence-corrected chi connectivity index (χ2v) is 6.01. The molecule has 9 nitrogen and oxygen atoms in total. The maximum absolute atomic E-state index is 12.3. The van der Waals surface area contributed by atoms with E-state index in [1.807, 2.05) is 18.8 Å². The van der Waals surface area contributed by atoms with Gasteiger partial charge in [-0.1, -0.05) is 25.1 Å². The van der Waals surface area contributed by atoms with Crippen molar-refractivity contribution >= 4 is 23.6 Å². The summed E-state index contributed by atoms with van der Waals surface area (Å²) in [7, 11) is 0. The van der Waals surface area contributed by atoms with Crippen molar-refractivity contribution in [2.75, 3.05) is 18.9 Å². The van der Waals surface area contributed by atoms with Gasteiger partial charge in [-0.3, -0.25) is 19.1 Å². The van der Waals surface area contributed by atoms with Crippen LogP contribution in [-0.4, -0.2) is 34.5 Å². The van der Waals surface area contributed by atoms with Gasteiger partial charge in [0.25, 0.3) is 5.56 Å². The van der Waals surface area contributed by atoms with Crippen molar-refractivity contribution in [1.82, 2.24) is 9.55 Å². The van der Waals surface area contributed by atoms with Gasteiger partial charge < -0.3 is 15.2 Å². The van der Waals surface area contributed by atoms with Gasteiger partial charge in [0.2, 0.25) is 5.78 Å². The van der Waals surface area contributed by atoms with E-state index in [4.69, 9.17) is 15.2 Å². The van der Waals surface area contributed by atoms with Crippen LogP contribution in [0.1, 0.15) is 36.2 Å². The Balaban J connectivity index is 2.10. The molecule has 0 unspecified atom stereocenters. The number of esters is 1. The molecule has 0 radical (unpaired) electrons. The number of anilines is 1. The van der Waals surface area contributed by atoms with Crippen molar-refractivity contribution in [2.24, 2.45) is 0 Å². The fraction of sp³-hybridized carbons (Fsp3) is 0.300. The Kier molecular flexibility index (Phi) is 7.53. The quantitative estimate of drug-likeness (QED) is 0.368. The molecule has 0 fully saturated rings. The molecule has 0 saturated heterocycles. The number of carbonyl (C=O) groups is 2. The monoisotopic (exact) mass is 401 g/mol. The predicted octanol–water partition coefficient (Wildman–Crippen LogP) is 1.37. The highest BCUT2D eigenvalue weighted by atomic mass is 16.5. The highest BCUT2D eigenvalue weighted by molar-refractivity contribution is 6.01. The molecule has 154 valence electrons. The van der Waals surface area contributed by atoms with Crippen LogP contribution in [0.4, 0.5) is 5.82 Å². The molecule has 0 spiro atoms. The lowest BCUT2D eigenvalue weighted by molar-refractivity contribution is -0.136. The average Bonchev–Trinajstić information content (AvgIpc) is 2.69. The summed E-state index contributed by atoms with van der Waals surface area (Å²) in [6, 6.07) is 7.12. The SMILES string of the molecule is CCCn1c(N)c(C(=O)COC(=O)/C=C/c2ccccc2OCC)c(=O)[nH]c1=O. The molecule has 1 aromatic carbocycles. The third-order valence-corrected chi connectivity index (χ3v) is 3.93. The molecule has 0 saturated carbocycles. The molecule has 2 aromatic rings. The molecular weight excluding hydrogens is 378 g/mol. The number of nitrogens with one attached hydrogen (secondary N) is 1. The topological polar surface area (TPSA) is 133 Å². The molecule has 0 aliphatic carbocycles. The highest BCUT2D eigenvalue weighted by Crippen LogP contribution is 2.19. The number of nitrogen functional groups attached to an aromatic ring is 1. The first-order valence-corrected chi connectivity index (χ1v) is 9.11. The zero-order valence-corrected chi connectivity index (χ0v) is 16.3. The third kappa shape index (κ3) is 5.44. The minimum atomic E-state index is -0.915. The lowest BCUT2D eigenvalue weighted by Gasteiger charge is -2.11. The maximum atomic E-state index is 12.3.